The van der Waals surface area contributed by atoms with Crippen molar-refractivity contribution in [1.29, 1.82) is 0 Å². The number of carbonyl (C=O) groups is 1. The average molecular weight is 158 g/mol. The van der Waals surface area contributed by atoms with Crippen LogP contribution in [-0.2, 0) is 9.53 Å². The molecule has 3 nitrogen and oxygen atoms in total. The summed E-state index contributed by atoms with van der Waals surface area (Å²) in [7, 11) is 0. The molecule has 1 rings (SSSR count). The molecule has 1 aliphatic rings. The van der Waals surface area contributed by atoms with Gasteiger partial charge in [0.2, 0.25) is 0 Å². The lowest BCUT2D eigenvalue weighted by molar-refractivity contribution is -0.157. The molecule has 0 aliphatic carbocycles. The van der Waals surface area contributed by atoms with Gasteiger partial charge in [0.05, 0.1) is 6.61 Å². The van der Waals surface area contributed by atoms with E-state index in [1.807, 2.05) is 0 Å². The molecule has 0 radical (unpaired) electrons. The summed E-state index contributed by atoms with van der Waals surface area (Å²) in [6.45, 7) is 4.74. The molecule has 1 heterocycles. The Bertz CT molecular complexity index is 153. The van der Waals surface area contributed by atoms with E-state index in [4.69, 9.17) is 9.84 Å². The minimum Gasteiger partial charge on any atom is -0.479 e. The van der Waals surface area contributed by atoms with Gasteiger partial charge in [0, 0.05) is 0 Å². The molecule has 1 atom stereocenters. The van der Waals surface area contributed by atoms with Gasteiger partial charge in [-0.3, -0.25) is 0 Å². The van der Waals surface area contributed by atoms with Gasteiger partial charge in [0.25, 0.3) is 0 Å². The van der Waals surface area contributed by atoms with Gasteiger partial charge in [-0.25, -0.2) is 4.79 Å². The zero-order chi connectivity index (χ0) is 8.48. The van der Waals surface area contributed by atoms with E-state index in [0.29, 0.717) is 13.0 Å². The third-order valence-corrected chi connectivity index (χ3v) is 2.03. The Kier molecular flexibility index (Phi) is 2.18. The second-order valence-electron chi connectivity index (χ2n) is 3.84. The predicted octanol–water partition coefficient (Wildman–Crippen LogP) is 1.28. The normalized spacial score (nSPS) is 29.8. The Morgan fingerprint density at radius 2 is 2.27 bits per heavy atom. The number of carboxylic acids is 1. The fourth-order valence-corrected chi connectivity index (χ4v) is 1.20. The van der Waals surface area contributed by atoms with E-state index in [-0.39, 0.29) is 5.41 Å². The Balaban J connectivity index is 2.42. The second-order valence-corrected chi connectivity index (χ2v) is 3.84. The highest BCUT2D eigenvalue weighted by Crippen LogP contribution is 2.29. The Hall–Kier alpha value is -0.570. The molecule has 1 saturated heterocycles. The first-order chi connectivity index (χ1) is 5.01. The quantitative estimate of drug-likeness (QED) is 0.625. The van der Waals surface area contributed by atoms with Crippen molar-refractivity contribution in [3.63, 3.8) is 0 Å². The monoisotopic (exact) mass is 158 g/mol. The van der Waals surface area contributed by atoms with Gasteiger partial charge in [0.15, 0.2) is 6.10 Å². The zero-order valence-corrected chi connectivity index (χ0v) is 6.96. The highest BCUT2D eigenvalue weighted by atomic mass is 16.5. The second kappa shape index (κ2) is 2.81. The number of aliphatic carboxylic acids is 1. The molecule has 0 amide bonds. The van der Waals surface area contributed by atoms with Crippen LogP contribution in [0, 0.1) is 5.41 Å². The third kappa shape index (κ3) is 2.19. The van der Waals surface area contributed by atoms with Crippen LogP contribution in [0.4, 0.5) is 0 Å². The summed E-state index contributed by atoms with van der Waals surface area (Å²) in [6, 6.07) is 0. The van der Waals surface area contributed by atoms with Gasteiger partial charge in [-0.05, 0) is 18.3 Å². The molecular formula is C8H14O3. The summed E-state index contributed by atoms with van der Waals surface area (Å²) in [5.41, 5.74) is 0.159. The van der Waals surface area contributed by atoms with Crippen molar-refractivity contribution in [2.45, 2.75) is 32.8 Å². The van der Waals surface area contributed by atoms with Crippen LogP contribution in [0.3, 0.4) is 0 Å². The molecule has 11 heavy (non-hydrogen) atoms. The molecule has 0 aromatic carbocycles. The molecule has 0 saturated carbocycles. The standard InChI is InChI=1S/C8H14O3/c1-8(2)4-3-6(7(9)10)11-5-8/h6H,3-5H2,1-2H3,(H,9,10). The van der Waals surface area contributed by atoms with Crippen LogP contribution in [-0.4, -0.2) is 23.8 Å². The van der Waals surface area contributed by atoms with Crippen LogP contribution in [0.2, 0.25) is 0 Å². The molecule has 1 aliphatic heterocycles. The topological polar surface area (TPSA) is 46.5 Å². The van der Waals surface area contributed by atoms with Gasteiger partial charge >= 0.3 is 5.97 Å². The molecule has 1 N–H and O–H groups in total. The maximum Gasteiger partial charge on any atom is 0.332 e. The van der Waals surface area contributed by atoms with E-state index >= 15 is 0 Å². The van der Waals surface area contributed by atoms with Crippen LogP contribution >= 0.6 is 0 Å². The number of hydrogen-bond acceptors (Lipinski definition) is 2. The van der Waals surface area contributed by atoms with Gasteiger partial charge < -0.3 is 9.84 Å². The molecule has 1 fully saturated rings. The van der Waals surface area contributed by atoms with E-state index in [9.17, 15) is 4.79 Å². The van der Waals surface area contributed by atoms with Crippen LogP contribution < -0.4 is 0 Å². The fourth-order valence-electron chi connectivity index (χ4n) is 1.20. The van der Waals surface area contributed by atoms with Crippen molar-refractivity contribution in [3.8, 4) is 0 Å². The minimum atomic E-state index is -0.833. The van der Waals surface area contributed by atoms with Crippen LogP contribution in [0.25, 0.3) is 0 Å². The van der Waals surface area contributed by atoms with Gasteiger partial charge in [-0.15, -0.1) is 0 Å². The lowest BCUT2D eigenvalue weighted by Crippen LogP contribution is -2.36. The molecular weight excluding hydrogens is 144 g/mol. The lowest BCUT2D eigenvalue weighted by atomic mass is 9.85. The fraction of sp³-hybridized carbons (Fsp3) is 0.875. The van der Waals surface area contributed by atoms with Crippen molar-refractivity contribution in [1.82, 2.24) is 0 Å². The molecule has 0 aromatic rings. The van der Waals surface area contributed by atoms with Crippen LogP contribution in [0.15, 0.2) is 0 Å². The molecule has 1 unspecified atom stereocenters. The van der Waals surface area contributed by atoms with Crippen LogP contribution in [0.5, 0.6) is 0 Å². The Morgan fingerprint density at radius 3 is 2.64 bits per heavy atom. The van der Waals surface area contributed by atoms with Crippen molar-refractivity contribution in [2.24, 2.45) is 5.41 Å². The number of rotatable bonds is 1. The van der Waals surface area contributed by atoms with E-state index in [1.165, 1.54) is 0 Å². The molecule has 3 heteroatoms. The predicted molar refractivity (Wildman–Crippen MR) is 40.4 cm³/mol. The minimum absolute atomic E-state index is 0.159. The smallest absolute Gasteiger partial charge is 0.332 e. The molecule has 0 aromatic heterocycles. The van der Waals surface area contributed by atoms with Gasteiger partial charge in [0.1, 0.15) is 0 Å². The summed E-state index contributed by atoms with van der Waals surface area (Å²) in [5.74, 6) is -0.833. The summed E-state index contributed by atoms with van der Waals surface area (Å²) in [6.07, 6.45) is 1.01. The third-order valence-electron chi connectivity index (χ3n) is 2.03. The summed E-state index contributed by atoms with van der Waals surface area (Å²) >= 11 is 0. The van der Waals surface area contributed by atoms with Crippen LogP contribution in [0.1, 0.15) is 26.7 Å². The van der Waals surface area contributed by atoms with Crippen molar-refractivity contribution in [2.75, 3.05) is 6.61 Å². The SMILES string of the molecule is CC1(C)CCC(C(=O)O)OC1. The molecule has 0 bridgehead atoms. The highest BCUT2D eigenvalue weighted by molar-refractivity contribution is 5.72. The van der Waals surface area contributed by atoms with E-state index < -0.39 is 12.1 Å². The first kappa shape index (κ1) is 8.53. The first-order valence-electron chi connectivity index (χ1n) is 3.86. The number of ether oxygens (including phenoxy) is 1. The largest absolute Gasteiger partial charge is 0.479 e. The Morgan fingerprint density at radius 1 is 1.64 bits per heavy atom. The maximum atomic E-state index is 10.4. The lowest BCUT2D eigenvalue weighted by Gasteiger charge is -2.32. The summed E-state index contributed by atoms with van der Waals surface area (Å²) in [4.78, 5) is 10.4. The van der Waals surface area contributed by atoms with Crippen molar-refractivity contribution >= 4 is 5.97 Å². The maximum absolute atomic E-state index is 10.4. The van der Waals surface area contributed by atoms with E-state index in [0.717, 1.165) is 6.42 Å². The van der Waals surface area contributed by atoms with Crippen molar-refractivity contribution < 1.29 is 14.6 Å². The van der Waals surface area contributed by atoms with Gasteiger partial charge in [-0.2, -0.15) is 0 Å². The van der Waals surface area contributed by atoms with Gasteiger partial charge in [-0.1, -0.05) is 13.8 Å². The summed E-state index contributed by atoms with van der Waals surface area (Å²) < 4.78 is 5.16. The highest BCUT2D eigenvalue weighted by Gasteiger charge is 2.30. The Labute approximate surface area is 66.4 Å². The van der Waals surface area contributed by atoms with E-state index in [2.05, 4.69) is 13.8 Å². The van der Waals surface area contributed by atoms with Crippen molar-refractivity contribution in [3.05, 3.63) is 0 Å². The number of hydrogen-bond donors (Lipinski definition) is 1. The molecule has 0 spiro atoms. The summed E-state index contributed by atoms with van der Waals surface area (Å²) in [5, 5.41) is 8.58. The number of carboxylic acid groups (broad SMARTS) is 1. The average Bonchev–Trinajstić information content (AvgIpc) is 1.86. The molecule has 64 valence electrons. The zero-order valence-electron chi connectivity index (χ0n) is 6.96. The van der Waals surface area contributed by atoms with E-state index in [1.54, 1.807) is 0 Å². The first-order valence-corrected chi connectivity index (χ1v) is 3.86.